The molecular formula is C22H23NO5S. The molecule has 1 amide bonds. The minimum absolute atomic E-state index is 0.154. The van der Waals surface area contributed by atoms with Gasteiger partial charge in [-0.05, 0) is 35.7 Å². The maximum Gasteiger partial charge on any atom is 0.336 e. The Bertz CT molecular complexity index is 1080. The highest BCUT2D eigenvalue weighted by Crippen LogP contribution is 2.29. The van der Waals surface area contributed by atoms with E-state index in [1.807, 2.05) is 18.2 Å². The van der Waals surface area contributed by atoms with E-state index in [1.165, 1.54) is 24.9 Å². The van der Waals surface area contributed by atoms with Crippen molar-refractivity contribution in [3.8, 4) is 11.5 Å². The average Bonchev–Trinajstić information content (AvgIpc) is 2.73. The van der Waals surface area contributed by atoms with Crippen LogP contribution in [0.4, 0.5) is 5.69 Å². The third-order valence-corrected chi connectivity index (χ3v) is 5.46. The summed E-state index contributed by atoms with van der Waals surface area (Å²) in [4.78, 5) is 24.2. The summed E-state index contributed by atoms with van der Waals surface area (Å²) in [6, 6.07) is 12.6. The number of fused-ring (bicyclic) bond motifs is 1. The zero-order chi connectivity index (χ0) is 20.8. The summed E-state index contributed by atoms with van der Waals surface area (Å²) in [5, 5.41) is 3.74. The van der Waals surface area contributed by atoms with Gasteiger partial charge >= 0.3 is 5.63 Å². The van der Waals surface area contributed by atoms with E-state index in [4.69, 9.17) is 13.9 Å². The molecule has 152 valence electrons. The molecule has 1 heterocycles. The van der Waals surface area contributed by atoms with Crippen molar-refractivity contribution in [3.63, 3.8) is 0 Å². The molecule has 29 heavy (non-hydrogen) atoms. The number of ether oxygens (including phenoxy) is 2. The standard InChI is InChI=1S/C22H23NO5S/c1-4-14-5-7-17-15(10-22(25)28-19(17)9-14)12-29-13-21(24)23-18-8-6-16(26-2)11-20(18)27-3/h5-11H,4,12-13H2,1-3H3,(H,23,24). The third-order valence-electron chi connectivity index (χ3n) is 4.48. The predicted octanol–water partition coefficient (Wildman–Crippen LogP) is 4.24. The largest absolute Gasteiger partial charge is 0.497 e. The highest BCUT2D eigenvalue weighted by molar-refractivity contribution is 7.99. The fraction of sp³-hybridized carbons (Fsp3) is 0.273. The van der Waals surface area contributed by atoms with Crippen LogP contribution < -0.4 is 20.4 Å². The summed E-state index contributed by atoms with van der Waals surface area (Å²) in [5.41, 5.74) is 2.75. The van der Waals surface area contributed by atoms with Crippen LogP contribution in [0.5, 0.6) is 11.5 Å². The van der Waals surface area contributed by atoms with Crippen LogP contribution in [-0.4, -0.2) is 25.9 Å². The van der Waals surface area contributed by atoms with Crippen LogP contribution in [0, 0.1) is 0 Å². The summed E-state index contributed by atoms with van der Waals surface area (Å²) in [6.07, 6.45) is 0.869. The van der Waals surface area contributed by atoms with Crippen molar-refractivity contribution in [2.75, 3.05) is 25.3 Å². The number of nitrogens with one attached hydrogen (secondary N) is 1. The molecule has 0 saturated carbocycles. The molecule has 0 aliphatic heterocycles. The Morgan fingerprint density at radius 3 is 2.66 bits per heavy atom. The number of anilines is 1. The number of methoxy groups -OCH3 is 2. The first-order chi connectivity index (χ1) is 14.0. The van der Waals surface area contributed by atoms with E-state index in [0.717, 1.165) is 22.9 Å². The second-order valence-electron chi connectivity index (χ2n) is 6.38. The SMILES string of the molecule is CCc1ccc2c(CSCC(=O)Nc3ccc(OC)cc3OC)cc(=O)oc2c1. The van der Waals surface area contributed by atoms with Gasteiger partial charge in [0.05, 0.1) is 25.7 Å². The van der Waals surface area contributed by atoms with Crippen LogP contribution in [0.1, 0.15) is 18.1 Å². The van der Waals surface area contributed by atoms with E-state index in [2.05, 4.69) is 12.2 Å². The molecule has 3 aromatic rings. The van der Waals surface area contributed by atoms with Gasteiger partial charge in [-0.15, -0.1) is 11.8 Å². The molecule has 0 radical (unpaired) electrons. The number of aryl methyl sites for hydroxylation is 1. The Morgan fingerprint density at radius 1 is 1.10 bits per heavy atom. The summed E-state index contributed by atoms with van der Waals surface area (Å²) >= 11 is 1.43. The minimum Gasteiger partial charge on any atom is -0.497 e. The Labute approximate surface area is 173 Å². The molecule has 0 atom stereocenters. The van der Waals surface area contributed by atoms with Gasteiger partial charge in [-0.3, -0.25) is 4.79 Å². The van der Waals surface area contributed by atoms with Crippen molar-refractivity contribution in [2.45, 2.75) is 19.1 Å². The lowest BCUT2D eigenvalue weighted by Crippen LogP contribution is -2.15. The lowest BCUT2D eigenvalue weighted by Gasteiger charge is -2.11. The van der Waals surface area contributed by atoms with Gasteiger partial charge in [0.2, 0.25) is 5.91 Å². The summed E-state index contributed by atoms with van der Waals surface area (Å²) in [6.45, 7) is 2.05. The highest BCUT2D eigenvalue weighted by atomic mass is 32.2. The molecule has 1 N–H and O–H groups in total. The molecule has 0 bridgehead atoms. The van der Waals surface area contributed by atoms with E-state index < -0.39 is 0 Å². The molecule has 1 aromatic heterocycles. The zero-order valence-electron chi connectivity index (χ0n) is 16.6. The van der Waals surface area contributed by atoms with Crippen LogP contribution in [0.25, 0.3) is 11.0 Å². The molecule has 3 rings (SSSR count). The number of benzene rings is 2. The predicted molar refractivity (Wildman–Crippen MR) is 116 cm³/mol. The number of hydrogen-bond donors (Lipinski definition) is 1. The second kappa shape index (κ2) is 9.52. The molecule has 0 spiro atoms. The molecule has 6 nitrogen and oxygen atoms in total. The van der Waals surface area contributed by atoms with E-state index in [9.17, 15) is 9.59 Å². The maximum absolute atomic E-state index is 12.3. The van der Waals surface area contributed by atoms with Crippen molar-refractivity contribution < 1.29 is 18.7 Å². The van der Waals surface area contributed by atoms with Crippen LogP contribution in [0.15, 0.2) is 51.7 Å². The Balaban J connectivity index is 1.66. The lowest BCUT2D eigenvalue weighted by molar-refractivity contribution is -0.113. The fourth-order valence-electron chi connectivity index (χ4n) is 2.96. The first-order valence-corrected chi connectivity index (χ1v) is 10.3. The normalized spacial score (nSPS) is 10.7. The number of carbonyl (C=O) groups excluding carboxylic acids is 1. The first kappa shape index (κ1) is 20.8. The Morgan fingerprint density at radius 2 is 1.93 bits per heavy atom. The smallest absolute Gasteiger partial charge is 0.336 e. The number of carbonyl (C=O) groups is 1. The monoisotopic (exact) mass is 413 g/mol. The van der Waals surface area contributed by atoms with Gasteiger partial charge in [-0.25, -0.2) is 4.79 Å². The first-order valence-electron chi connectivity index (χ1n) is 9.19. The molecule has 0 unspecified atom stereocenters. The zero-order valence-corrected chi connectivity index (χ0v) is 17.4. The van der Waals surface area contributed by atoms with Crippen LogP contribution in [-0.2, 0) is 17.0 Å². The van der Waals surface area contributed by atoms with Crippen molar-refractivity contribution in [1.82, 2.24) is 0 Å². The molecule has 0 aliphatic rings. The van der Waals surface area contributed by atoms with Crippen molar-refractivity contribution in [3.05, 3.63) is 64.0 Å². The molecule has 0 aliphatic carbocycles. The average molecular weight is 413 g/mol. The van der Waals surface area contributed by atoms with Gasteiger partial charge in [0.25, 0.3) is 0 Å². The molecule has 2 aromatic carbocycles. The summed E-state index contributed by atoms with van der Waals surface area (Å²) in [7, 11) is 3.11. The maximum atomic E-state index is 12.3. The van der Waals surface area contributed by atoms with E-state index in [1.54, 1.807) is 25.3 Å². The summed E-state index contributed by atoms with van der Waals surface area (Å²) in [5.74, 6) is 1.79. The van der Waals surface area contributed by atoms with Gasteiger partial charge in [0.1, 0.15) is 17.1 Å². The molecule has 0 fully saturated rings. The fourth-order valence-corrected chi connectivity index (χ4v) is 3.77. The van der Waals surface area contributed by atoms with Crippen LogP contribution in [0.3, 0.4) is 0 Å². The van der Waals surface area contributed by atoms with Gasteiger partial charge in [-0.1, -0.05) is 19.1 Å². The van der Waals surface area contributed by atoms with Crippen molar-refractivity contribution in [1.29, 1.82) is 0 Å². The lowest BCUT2D eigenvalue weighted by atomic mass is 10.1. The van der Waals surface area contributed by atoms with E-state index in [-0.39, 0.29) is 17.3 Å². The van der Waals surface area contributed by atoms with Gasteiger partial charge < -0.3 is 19.2 Å². The second-order valence-corrected chi connectivity index (χ2v) is 7.37. The highest BCUT2D eigenvalue weighted by Gasteiger charge is 2.11. The number of rotatable bonds is 8. The third kappa shape index (κ3) is 5.12. The van der Waals surface area contributed by atoms with Gasteiger partial charge in [0, 0.05) is 23.3 Å². The molecule has 0 saturated heterocycles. The molecular weight excluding hydrogens is 390 g/mol. The van der Waals surface area contributed by atoms with Crippen molar-refractivity contribution in [2.24, 2.45) is 0 Å². The van der Waals surface area contributed by atoms with Gasteiger partial charge in [-0.2, -0.15) is 0 Å². The van der Waals surface area contributed by atoms with Crippen molar-refractivity contribution >= 4 is 34.3 Å². The topological polar surface area (TPSA) is 77.8 Å². The van der Waals surface area contributed by atoms with E-state index in [0.29, 0.717) is 28.5 Å². The molecule has 7 heteroatoms. The summed E-state index contributed by atoms with van der Waals surface area (Å²) < 4.78 is 15.8. The van der Waals surface area contributed by atoms with E-state index >= 15 is 0 Å². The minimum atomic E-state index is -0.381. The Kier molecular flexibility index (Phi) is 6.82. The number of hydrogen-bond acceptors (Lipinski definition) is 6. The number of amides is 1. The number of thioether (sulfide) groups is 1. The quantitative estimate of drug-likeness (QED) is 0.557. The van der Waals surface area contributed by atoms with Crippen LogP contribution in [0.2, 0.25) is 0 Å². The van der Waals surface area contributed by atoms with Gasteiger partial charge in [0.15, 0.2) is 0 Å². The Hall–Kier alpha value is -2.93. The van der Waals surface area contributed by atoms with Crippen LogP contribution >= 0.6 is 11.8 Å².